The van der Waals surface area contributed by atoms with Gasteiger partial charge in [0, 0.05) is 12.8 Å². The van der Waals surface area contributed by atoms with Crippen LogP contribution in [0.5, 0.6) is 5.75 Å². The smallest absolute Gasteiger partial charge is 0.328 e. The Kier molecular flexibility index (Phi) is 6.49. The molecule has 0 saturated carbocycles. The minimum Gasteiger partial charge on any atom is -0.508 e. The van der Waals surface area contributed by atoms with E-state index in [0.29, 0.717) is 23.4 Å². The van der Waals surface area contributed by atoms with Crippen LogP contribution in [0.25, 0.3) is 11.2 Å². The molecule has 4 rings (SSSR count). The number of carbonyl (C=O) groups is 1. The number of benzene rings is 1. The van der Waals surface area contributed by atoms with Crippen molar-refractivity contribution in [1.82, 2.24) is 19.5 Å². The quantitative estimate of drug-likeness (QED) is 0.367. The summed E-state index contributed by atoms with van der Waals surface area (Å²) in [6.07, 6.45) is 1.47. The van der Waals surface area contributed by atoms with Crippen LogP contribution >= 0.6 is 0 Å². The van der Waals surface area contributed by atoms with Crippen LogP contribution in [-0.4, -0.2) is 72.3 Å². The van der Waals surface area contributed by atoms with Crippen LogP contribution in [0.3, 0.4) is 0 Å². The van der Waals surface area contributed by atoms with Crippen LogP contribution in [0.1, 0.15) is 25.1 Å². The van der Waals surface area contributed by atoms with Crippen LogP contribution in [0, 0.1) is 0 Å². The summed E-state index contributed by atoms with van der Waals surface area (Å²) < 4.78 is 12.6. The molecule has 1 aliphatic heterocycles. The van der Waals surface area contributed by atoms with Crippen molar-refractivity contribution in [2.24, 2.45) is 0 Å². The monoisotopic (exact) mass is 443 g/mol. The van der Waals surface area contributed by atoms with Gasteiger partial charge in [-0.3, -0.25) is 4.57 Å². The number of hydrogen-bond donors (Lipinski definition) is 4. The van der Waals surface area contributed by atoms with E-state index in [0.717, 1.165) is 5.56 Å². The summed E-state index contributed by atoms with van der Waals surface area (Å²) in [5.74, 6) is 0.0442. The number of aromatic nitrogens is 4. The summed E-state index contributed by atoms with van der Waals surface area (Å²) in [5.41, 5.74) is 1.72. The molecule has 0 amide bonds. The molecular weight excluding hydrogens is 418 g/mol. The first kappa shape index (κ1) is 21.9. The topological polar surface area (TPSA) is 152 Å². The summed E-state index contributed by atoms with van der Waals surface area (Å²) in [6, 6.07) is 5.82. The van der Waals surface area contributed by atoms with Gasteiger partial charge in [-0.25, -0.2) is 19.7 Å². The van der Waals surface area contributed by atoms with E-state index < -0.39 is 30.4 Å². The maximum absolute atomic E-state index is 12.6. The predicted octanol–water partition coefficient (Wildman–Crippen LogP) is 0.759. The number of aliphatic hydroxyl groups is 2. The molecule has 0 radical (unpaired) electrons. The molecule has 1 unspecified atom stereocenters. The average Bonchev–Trinajstić information content (AvgIpc) is 3.38. The maximum atomic E-state index is 12.6. The number of imidazole rings is 1. The number of nitrogens with one attached hydrogen (secondary N) is 1. The number of phenolic OH excluding ortho intramolecular Hbond substituents is 1. The predicted molar refractivity (Wildman–Crippen MR) is 113 cm³/mol. The zero-order valence-corrected chi connectivity index (χ0v) is 17.5. The molecule has 1 fully saturated rings. The molecule has 0 spiro atoms. The van der Waals surface area contributed by atoms with Gasteiger partial charge in [0.15, 0.2) is 17.0 Å². The minimum atomic E-state index is -0.791. The van der Waals surface area contributed by atoms with Gasteiger partial charge in [-0.05, 0) is 24.6 Å². The SMILES string of the molecule is CCOC(=O)[C@@H](Cc1ccc(O)cc1)Nc1ncnc2c1ncn2[C@H]1CC(O)[C@@H](CO)O1. The van der Waals surface area contributed by atoms with E-state index in [4.69, 9.17) is 9.47 Å². The summed E-state index contributed by atoms with van der Waals surface area (Å²) in [7, 11) is 0. The Morgan fingerprint density at radius 1 is 1.31 bits per heavy atom. The Morgan fingerprint density at radius 3 is 2.78 bits per heavy atom. The Bertz CT molecular complexity index is 1070. The van der Waals surface area contributed by atoms with Gasteiger partial charge in [-0.15, -0.1) is 0 Å². The van der Waals surface area contributed by atoms with E-state index in [1.807, 2.05) is 0 Å². The van der Waals surface area contributed by atoms with Gasteiger partial charge in [0.2, 0.25) is 0 Å². The first-order chi connectivity index (χ1) is 15.5. The van der Waals surface area contributed by atoms with E-state index in [1.165, 1.54) is 12.7 Å². The zero-order chi connectivity index (χ0) is 22.7. The third-order valence-electron chi connectivity index (χ3n) is 5.31. The highest BCUT2D eigenvalue weighted by molar-refractivity contribution is 5.86. The molecule has 3 aromatic rings. The zero-order valence-electron chi connectivity index (χ0n) is 17.5. The molecule has 2 aromatic heterocycles. The molecule has 1 saturated heterocycles. The van der Waals surface area contributed by atoms with Crippen molar-refractivity contribution in [2.75, 3.05) is 18.5 Å². The van der Waals surface area contributed by atoms with Crippen LogP contribution in [0.2, 0.25) is 0 Å². The molecule has 0 bridgehead atoms. The van der Waals surface area contributed by atoms with Crippen molar-refractivity contribution in [1.29, 1.82) is 0 Å². The van der Waals surface area contributed by atoms with Crippen molar-refractivity contribution in [3.05, 3.63) is 42.5 Å². The van der Waals surface area contributed by atoms with Crippen LogP contribution in [-0.2, 0) is 20.7 Å². The average molecular weight is 443 g/mol. The number of phenols is 1. The highest BCUT2D eigenvalue weighted by Crippen LogP contribution is 2.31. The van der Waals surface area contributed by atoms with E-state index in [2.05, 4.69) is 20.3 Å². The third-order valence-corrected chi connectivity index (χ3v) is 5.31. The van der Waals surface area contributed by atoms with Crippen molar-refractivity contribution in [2.45, 2.75) is 44.2 Å². The van der Waals surface area contributed by atoms with Gasteiger partial charge in [0.25, 0.3) is 0 Å². The van der Waals surface area contributed by atoms with E-state index in [1.54, 1.807) is 35.8 Å². The number of esters is 1. The second-order valence-corrected chi connectivity index (χ2v) is 7.48. The second-order valence-electron chi connectivity index (χ2n) is 7.48. The third kappa shape index (κ3) is 4.49. The lowest BCUT2D eigenvalue weighted by Crippen LogP contribution is -2.34. The minimum absolute atomic E-state index is 0.139. The number of anilines is 1. The van der Waals surface area contributed by atoms with Crippen molar-refractivity contribution in [3.8, 4) is 5.75 Å². The first-order valence-corrected chi connectivity index (χ1v) is 10.3. The summed E-state index contributed by atoms with van der Waals surface area (Å²) in [5, 5.41) is 32.0. The second kappa shape index (κ2) is 9.47. The van der Waals surface area contributed by atoms with Gasteiger partial charge >= 0.3 is 5.97 Å². The van der Waals surface area contributed by atoms with Gasteiger partial charge in [0.1, 0.15) is 30.5 Å². The number of aliphatic hydroxyl groups excluding tert-OH is 2. The van der Waals surface area contributed by atoms with E-state index in [9.17, 15) is 20.1 Å². The molecule has 3 heterocycles. The number of fused-ring (bicyclic) bond motifs is 1. The van der Waals surface area contributed by atoms with E-state index in [-0.39, 0.29) is 25.4 Å². The standard InChI is InChI=1S/C21H25N5O6/c1-2-31-21(30)14(7-12-3-5-13(28)6-4-12)25-19-18-20(23-10-22-19)26(11-24-18)17-8-15(29)16(9-27)32-17/h3-6,10-11,14-17,27-29H,2,7-9H2,1H3,(H,22,23,25)/t14-,15?,16-,17-/m1/s1. The van der Waals surface area contributed by atoms with Crippen molar-refractivity contribution in [3.63, 3.8) is 0 Å². The van der Waals surface area contributed by atoms with Crippen LogP contribution < -0.4 is 5.32 Å². The largest absolute Gasteiger partial charge is 0.508 e. The highest BCUT2D eigenvalue weighted by atomic mass is 16.5. The number of ether oxygens (including phenoxy) is 2. The van der Waals surface area contributed by atoms with Crippen molar-refractivity contribution >= 4 is 23.0 Å². The summed E-state index contributed by atoms with van der Waals surface area (Å²) >= 11 is 0. The fourth-order valence-electron chi connectivity index (χ4n) is 3.69. The number of nitrogens with zero attached hydrogens (tertiary/aromatic N) is 4. The normalized spacial score (nSPS) is 21.5. The highest BCUT2D eigenvalue weighted by Gasteiger charge is 2.35. The van der Waals surface area contributed by atoms with Gasteiger partial charge in [-0.2, -0.15) is 0 Å². The molecule has 32 heavy (non-hydrogen) atoms. The summed E-state index contributed by atoms with van der Waals surface area (Å²) in [4.78, 5) is 25.5. The molecule has 1 aromatic carbocycles. The number of carbonyl (C=O) groups excluding carboxylic acids is 1. The fraction of sp³-hybridized carbons (Fsp3) is 0.429. The molecule has 11 nitrogen and oxygen atoms in total. The van der Waals surface area contributed by atoms with Crippen molar-refractivity contribution < 1.29 is 29.6 Å². The number of rotatable bonds is 8. The number of aromatic hydroxyl groups is 1. The molecular formula is C21H25N5O6. The lowest BCUT2D eigenvalue weighted by atomic mass is 10.1. The lowest BCUT2D eigenvalue weighted by Gasteiger charge is -2.18. The maximum Gasteiger partial charge on any atom is 0.328 e. The van der Waals surface area contributed by atoms with Gasteiger partial charge < -0.3 is 30.1 Å². The van der Waals surface area contributed by atoms with Gasteiger partial charge in [0.05, 0.1) is 25.6 Å². The molecule has 170 valence electrons. The Morgan fingerprint density at radius 2 is 2.09 bits per heavy atom. The van der Waals surface area contributed by atoms with Gasteiger partial charge in [-0.1, -0.05) is 12.1 Å². The molecule has 4 atom stereocenters. The molecule has 11 heteroatoms. The molecule has 1 aliphatic rings. The first-order valence-electron chi connectivity index (χ1n) is 10.3. The Hall–Kier alpha value is -3.28. The van der Waals surface area contributed by atoms with Crippen LogP contribution in [0.4, 0.5) is 5.82 Å². The summed E-state index contributed by atoms with van der Waals surface area (Å²) in [6.45, 7) is 1.67. The Balaban J connectivity index is 1.60. The lowest BCUT2D eigenvalue weighted by molar-refractivity contribution is -0.144. The van der Waals surface area contributed by atoms with E-state index >= 15 is 0 Å². The molecule has 4 N–H and O–H groups in total. The Labute approximate surface area is 183 Å². The molecule has 0 aliphatic carbocycles. The fourth-order valence-corrected chi connectivity index (χ4v) is 3.69. The van der Waals surface area contributed by atoms with Crippen LogP contribution in [0.15, 0.2) is 36.9 Å². The number of hydrogen-bond acceptors (Lipinski definition) is 10.